The lowest BCUT2D eigenvalue weighted by Gasteiger charge is -2.05. The molecule has 0 amide bonds. The van der Waals surface area contributed by atoms with Gasteiger partial charge in [-0.3, -0.25) is 0 Å². The second-order valence-corrected chi connectivity index (χ2v) is 5.79. The second-order valence-electron chi connectivity index (χ2n) is 5.79. The number of H-pyrrole nitrogens is 1. The summed E-state index contributed by atoms with van der Waals surface area (Å²) in [6.45, 7) is 2.27. The molecule has 124 valence electrons. The number of rotatable bonds is 8. The molecule has 0 bridgehead atoms. The van der Waals surface area contributed by atoms with Crippen molar-refractivity contribution in [1.82, 2.24) is 15.8 Å². The summed E-state index contributed by atoms with van der Waals surface area (Å²) < 4.78 is 0. The van der Waals surface area contributed by atoms with E-state index in [1.807, 2.05) is 12.2 Å². The molecule has 4 nitrogen and oxygen atoms in total. The SMILES string of the molecule is ONC/C=C/c1ccc(CNCCc2c[nH]c3ccccc23)cc1. The molecule has 0 saturated heterocycles. The van der Waals surface area contributed by atoms with Crippen molar-refractivity contribution in [1.29, 1.82) is 0 Å². The van der Waals surface area contributed by atoms with Gasteiger partial charge in [0.05, 0.1) is 0 Å². The highest BCUT2D eigenvalue weighted by molar-refractivity contribution is 5.83. The van der Waals surface area contributed by atoms with E-state index in [9.17, 15) is 0 Å². The lowest BCUT2D eigenvalue weighted by atomic mass is 10.1. The van der Waals surface area contributed by atoms with Gasteiger partial charge in [0.1, 0.15) is 0 Å². The van der Waals surface area contributed by atoms with Crippen LogP contribution in [0, 0.1) is 0 Å². The third kappa shape index (κ3) is 4.32. The average molecular weight is 321 g/mol. The highest BCUT2D eigenvalue weighted by Crippen LogP contribution is 2.17. The maximum Gasteiger partial charge on any atom is 0.0456 e. The molecule has 1 aromatic heterocycles. The lowest BCUT2D eigenvalue weighted by molar-refractivity contribution is 0.180. The van der Waals surface area contributed by atoms with Gasteiger partial charge in [0.2, 0.25) is 0 Å². The Kier molecular flexibility index (Phi) is 5.80. The smallest absolute Gasteiger partial charge is 0.0456 e. The van der Waals surface area contributed by atoms with Crippen molar-refractivity contribution in [3.8, 4) is 0 Å². The highest BCUT2D eigenvalue weighted by Gasteiger charge is 2.02. The topological polar surface area (TPSA) is 60.1 Å². The van der Waals surface area contributed by atoms with Gasteiger partial charge in [-0.2, -0.15) is 0 Å². The molecule has 3 rings (SSSR count). The number of aromatic amines is 1. The summed E-state index contributed by atoms with van der Waals surface area (Å²) in [4.78, 5) is 3.32. The quantitative estimate of drug-likeness (QED) is 0.379. The summed E-state index contributed by atoms with van der Waals surface area (Å²) >= 11 is 0. The standard InChI is InChI=1S/C20H23N3O/c24-23-12-3-4-16-7-9-17(10-8-16)14-21-13-11-18-15-22-20-6-2-1-5-19(18)20/h1-10,15,21-24H,11-14H2/b4-3+. The molecule has 0 aliphatic carbocycles. The Morgan fingerprint density at radius 2 is 1.88 bits per heavy atom. The molecular formula is C20H23N3O. The van der Waals surface area contributed by atoms with Gasteiger partial charge in [0.25, 0.3) is 0 Å². The van der Waals surface area contributed by atoms with E-state index in [0.717, 1.165) is 25.1 Å². The summed E-state index contributed by atoms with van der Waals surface area (Å²) in [5.41, 5.74) is 7.07. The molecule has 0 atom stereocenters. The Bertz CT molecular complexity index is 790. The van der Waals surface area contributed by atoms with Crippen LogP contribution in [0.25, 0.3) is 17.0 Å². The zero-order valence-electron chi connectivity index (χ0n) is 13.6. The third-order valence-electron chi connectivity index (χ3n) is 4.07. The zero-order valence-corrected chi connectivity index (χ0v) is 13.6. The summed E-state index contributed by atoms with van der Waals surface area (Å²) in [5, 5.41) is 13.3. The minimum atomic E-state index is 0.455. The Morgan fingerprint density at radius 1 is 1.04 bits per heavy atom. The monoisotopic (exact) mass is 321 g/mol. The van der Waals surface area contributed by atoms with E-state index in [4.69, 9.17) is 5.21 Å². The molecule has 0 saturated carbocycles. The fraction of sp³-hybridized carbons (Fsp3) is 0.200. The molecule has 0 fully saturated rings. The van der Waals surface area contributed by atoms with E-state index in [-0.39, 0.29) is 0 Å². The van der Waals surface area contributed by atoms with Crippen molar-refractivity contribution in [3.63, 3.8) is 0 Å². The van der Waals surface area contributed by atoms with Gasteiger partial charge in [0.15, 0.2) is 0 Å². The first-order valence-corrected chi connectivity index (χ1v) is 8.25. The van der Waals surface area contributed by atoms with Crippen molar-refractivity contribution < 1.29 is 5.21 Å². The van der Waals surface area contributed by atoms with Crippen LogP contribution >= 0.6 is 0 Å². The van der Waals surface area contributed by atoms with Crippen LogP contribution in [0.2, 0.25) is 0 Å². The molecule has 0 radical (unpaired) electrons. The number of hydroxylamine groups is 1. The molecule has 4 heteroatoms. The Hall–Kier alpha value is -2.40. The van der Waals surface area contributed by atoms with Crippen molar-refractivity contribution >= 4 is 17.0 Å². The first-order chi connectivity index (χ1) is 11.9. The van der Waals surface area contributed by atoms with Gasteiger partial charge in [-0.25, -0.2) is 5.48 Å². The fourth-order valence-electron chi connectivity index (χ4n) is 2.79. The molecule has 0 aliphatic heterocycles. The van der Waals surface area contributed by atoms with Gasteiger partial charge in [-0.15, -0.1) is 0 Å². The molecule has 0 aliphatic rings. The Balaban J connectivity index is 1.46. The number of fused-ring (bicyclic) bond motifs is 1. The van der Waals surface area contributed by atoms with E-state index in [1.165, 1.54) is 22.0 Å². The first kappa shape index (κ1) is 16.5. The minimum absolute atomic E-state index is 0.455. The first-order valence-electron chi connectivity index (χ1n) is 8.25. The van der Waals surface area contributed by atoms with E-state index >= 15 is 0 Å². The summed E-state index contributed by atoms with van der Waals surface area (Å²) in [5.74, 6) is 0. The summed E-state index contributed by atoms with van der Waals surface area (Å²) in [6.07, 6.45) is 6.99. The third-order valence-corrected chi connectivity index (χ3v) is 4.07. The molecule has 1 heterocycles. The van der Waals surface area contributed by atoms with Gasteiger partial charge in [-0.1, -0.05) is 54.6 Å². The summed E-state index contributed by atoms with van der Waals surface area (Å²) in [7, 11) is 0. The molecule has 4 N–H and O–H groups in total. The number of para-hydroxylation sites is 1. The predicted octanol–water partition coefficient (Wildman–Crippen LogP) is 3.49. The Labute approximate surface area is 142 Å². The molecular weight excluding hydrogens is 298 g/mol. The normalized spacial score (nSPS) is 11.5. The number of aromatic nitrogens is 1. The van der Waals surface area contributed by atoms with Gasteiger partial charge < -0.3 is 15.5 Å². The molecule has 2 aromatic carbocycles. The molecule has 24 heavy (non-hydrogen) atoms. The number of nitrogens with one attached hydrogen (secondary N) is 3. The van der Waals surface area contributed by atoms with Crippen molar-refractivity contribution in [2.45, 2.75) is 13.0 Å². The van der Waals surface area contributed by atoms with Gasteiger partial charge >= 0.3 is 0 Å². The second kappa shape index (κ2) is 8.45. The Morgan fingerprint density at radius 3 is 2.71 bits per heavy atom. The number of hydrogen-bond acceptors (Lipinski definition) is 3. The number of hydrogen-bond donors (Lipinski definition) is 4. The molecule has 0 spiro atoms. The van der Waals surface area contributed by atoms with Crippen molar-refractivity contribution in [2.24, 2.45) is 0 Å². The predicted molar refractivity (Wildman–Crippen MR) is 99.0 cm³/mol. The van der Waals surface area contributed by atoms with Crippen LogP contribution in [-0.4, -0.2) is 23.3 Å². The minimum Gasteiger partial charge on any atom is -0.361 e. The van der Waals surface area contributed by atoms with Crippen LogP contribution < -0.4 is 10.8 Å². The van der Waals surface area contributed by atoms with E-state index < -0.39 is 0 Å². The van der Waals surface area contributed by atoms with E-state index in [0.29, 0.717) is 6.54 Å². The largest absolute Gasteiger partial charge is 0.361 e. The van der Waals surface area contributed by atoms with Crippen LogP contribution in [0.15, 0.2) is 60.8 Å². The van der Waals surface area contributed by atoms with E-state index in [1.54, 1.807) is 0 Å². The molecule has 0 unspecified atom stereocenters. The fourth-order valence-corrected chi connectivity index (χ4v) is 2.79. The number of benzene rings is 2. The van der Waals surface area contributed by atoms with E-state index in [2.05, 4.69) is 70.5 Å². The van der Waals surface area contributed by atoms with Crippen LogP contribution in [0.5, 0.6) is 0 Å². The van der Waals surface area contributed by atoms with Crippen molar-refractivity contribution in [3.05, 3.63) is 77.5 Å². The van der Waals surface area contributed by atoms with Gasteiger partial charge in [-0.05, 0) is 35.7 Å². The average Bonchev–Trinajstić information content (AvgIpc) is 3.03. The summed E-state index contributed by atoms with van der Waals surface area (Å²) in [6, 6.07) is 16.9. The maximum atomic E-state index is 8.52. The van der Waals surface area contributed by atoms with Gasteiger partial charge in [0, 0.05) is 30.2 Å². The van der Waals surface area contributed by atoms with Crippen molar-refractivity contribution in [2.75, 3.05) is 13.1 Å². The van der Waals surface area contributed by atoms with Crippen LogP contribution in [-0.2, 0) is 13.0 Å². The zero-order chi connectivity index (χ0) is 16.6. The lowest BCUT2D eigenvalue weighted by Crippen LogP contribution is -2.16. The van der Waals surface area contributed by atoms with Crippen LogP contribution in [0.3, 0.4) is 0 Å². The highest BCUT2D eigenvalue weighted by atomic mass is 16.5. The maximum absolute atomic E-state index is 8.52. The molecule has 3 aromatic rings. The van der Waals surface area contributed by atoms with Crippen LogP contribution in [0.4, 0.5) is 0 Å². The van der Waals surface area contributed by atoms with Crippen LogP contribution in [0.1, 0.15) is 16.7 Å².